The molecule has 0 spiro atoms. The van der Waals surface area contributed by atoms with Crippen LogP contribution in [-0.4, -0.2) is 11.6 Å². The summed E-state index contributed by atoms with van der Waals surface area (Å²) >= 11 is 0. The molecule has 0 atom stereocenters. The van der Waals surface area contributed by atoms with E-state index in [1.165, 1.54) is 0 Å². The minimum atomic E-state index is 0.773. The van der Waals surface area contributed by atoms with Gasteiger partial charge in [0.25, 0.3) is 0 Å². The fourth-order valence-corrected chi connectivity index (χ4v) is 1.65. The second kappa shape index (κ2) is 7.35. The topological polar surface area (TPSA) is 22.1 Å². The zero-order valence-electron chi connectivity index (χ0n) is 12.0. The van der Waals surface area contributed by atoms with Crippen molar-refractivity contribution in [3.63, 3.8) is 0 Å². The SMILES string of the molecule is CCCCOc1ccc(C#Cc2ccc(C)cn2)cc1. The van der Waals surface area contributed by atoms with Gasteiger partial charge < -0.3 is 4.74 Å². The van der Waals surface area contributed by atoms with Crippen molar-refractivity contribution in [3.05, 3.63) is 59.4 Å². The maximum Gasteiger partial charge on any atom is 0.119 e. The van der Waals surface area contributed by atoms with Gasteiger partial charge in [-0.3, -0.25) is 0 Å². The highest BCUT2D eigenvalue weighted by molar-refractivity contribution is 5.42. The normalized spacial score (nSPS) is 9.70. The number of aromatic nitrogens is 1. The lowest BCUT2D eigenvalue weighted by Gasteiger charge is -2.04. The van der Waals surface area contributed by atoms with E-state index in [1.807, 2.05) is 49.5 Å². The smallest absolute Gasteiger partial charge is 0.119 e. The average molecular weight is 265 g/mol. The van der Waals surface area contributed by atoms with Crippen LogP contribution in [0.1, 0.15) is 36.6 Å². The van der Waals surface area contributed by atoms with Crippen molar-refractivity contribution in [1.29, 1.82) is 0 Å². The lowest BCUT2D eigenvalue weighted by Crippen LogP contribution is -1.95. The first kappa shape index (κ1) is 14.1. The zero-order chi connectivity index (χ0) is 14.2. The summed E-state index contributed by atoms with van der Waals surface area (Å²) in [4.78, 5) is 4.26. The molecule has 0 radical (unpaired) electrons. The summed E-state index contributed by atoms with van der Waals surface area (Å²) < 4.78 is 5.62. The summed E-state index contributed by atoms with van der Waals surface area (Å²) in [5.41, 5.74) is 2.90. The van der Waals surface area contributed by atoms with Gasteiger partial charge in [0.15, 0.2) is 0 Å². The van der Waals surface area contributed by atoms with E-state index >= 15 is 0 Å². The first-order valence-corrected chi connectivity index (χ1v) is 6.95. The largest absolute Gasteiger partial charge is 0.494 e. The number of hydrogen-bond acceptors (Lipinski definition) is 2. The van der Waals surface area contributed by atoms with E-state index in [9.17, 15) is 0 Å². The van der Waals surface area contributed by atoms with E-state index in [1.54, 1.807) is 0 Å². The van der Waals surface area contributed by atoms with Gasteiger partial charge in [-0.2, -0.15) is 0 Å². The lowest BCUT2D eigenvalue weighted by atomic mass is 10.2. The highest BCUT2D eigenvalue weighted by Crippen LogP contribution is 2.12. The van der Waals surface area contributed by atoms with Crippen molar-refractivity contribution in [2.24, 2.45) is 0 Å². The van der Waals surface area contributed by atoms with E-state index in [0.717, 1.165) is 42.0 Å². The van der Waals surface area contributed by atoms with Gasteiger partial charge >= 0.3 is 0 Å². The molecule has 0 saturated heterocycles. The molecular weight excluding hydrogens is 246 g/mol. The van der Waals surface area contributed by atoms with Crippen LogP contribution in [0.5, 0.6) is 5.75 Å². The molecule has 20 heavy (non-hydrogen) atoms. The minimum absolute atomic E-state index is 0.773. The molecule has 0 bridgehead atoms. The monoisotopic (exact) mass is 265 g/mol. The molecule has 0 N–H and O–H groups in total. The minimum Gasteiger partial charge on any atom is -0.494 e. The third-order valence-electron chi connectivity index (χ3n) is 2.87. The lowest BCUT2D eigenvalue weighted by molar-refractivity contribution is 0.309. The van der Waals surface area contributed by atoms with Gasteiger partial charge in [0.05, 0.1) is 6.61 Å². The number of pyridine rings is 1. The van der Waals surface area contributed by atoms with Gasteiger partial charge in [0.2, 0.25) is 0 Å². The van der Waals surface area contributed by atoms with Crippen LogP contribution in [-0.2, 0) is 0 Å². The molecule has 2 rings (SSSR count). The fraction of sp³-hybridized carbons (Fsp3) is 0.278. The van der Waals surface area contributed by atoms with Gasteiger partial charge in [0, 0.05) is 11.8 Å². The molecule has 0 amide bonds. The number of rotatable bonds is 4. The maximum atomic E-state index is 5.62. The molecule has 0 aliphatic heterocycles. The second-order valence-electron chi connectivity index (χ2n) is 4.70. The number of unbranched alkanes of at least 4 members (excludes halogenated alkanes) is 1. The predicted octanol–water partition coefficient (Wildman–Crippen LogP) is 3.97. The Balaban J connectivity index is 1.98. The van der Waals surface area contributed by atoms with Crippen LogP contribution in [0.15, 0.2) is 42.6 Å². The van der Waals surface area contributed by atoms with Gasteiger partial charge in [-0.15, -0.1) is 0 Å². The Morgan fingerprint density at radius 1 is 1.05 bits per heavy atom. The van der Waals surface area contributed by atoms with E-state index in [-0.39, 0.29) is 0 Å². The summed E-state index contributed by atoms with van der Waals surface area (Å²) in [5, 5.41) is 0. The second-order valence-corrected chi connectivity index (χ2v) is 4.70. The molecule has 2 aromatic rings. The first-order chi connectivity index (χ1) is 9.78. The van der Waals surface area contributed by atoms with E-state index in [4.69, 9.17) is 4.74 Å². The van der Waals surface area contributed by atoms with E-state index in [2.05, 4.69) is 23.7 Å². The Bertz CT molecular complexity index is 588. The quantitative estimate of drug-likeness (QED) is 0.616. The molecule has 0 saturated carbocycles. The summed E-state index contributed by atoms with van der Waals surface area (Å²) in [6.45, 7) is 4.94. The molecule has 102 valence electrons. The Morgan fingerprint density at radius 3 is 2.50 bits per heavy atom. The van der Waals surface area contributed by atoms with E-state index in [0.29, 0.717) is 0 Å². The van der Waals surface area contributed by atoms with Crippen molar-refractivity contribution >= 4 is 0 Å². The van der Waals surface area contributed by atoms with Crippen molar-refractivity contribution in [2.45, 2.75) is 26.7 Å². The number of nitrogens with zero attached hydrogens (tertiary/aromatic N) is 1. The molecule has 2 heteroatoms. The molecule has 1 aromatic heterocycles. The standard InChI is InChI=1S/C18H19NO/c1-3-4-13-20-18-11-7-16(8-12-18)6-10-17-9-5-15(2)14-19-17/h5,7-9,11-12,14H,3-4,13H2,1-2H3. The highest BCUT2D eigenvalue weighted by atomic mass is 16.5. The summed E-state index contributed by atoms with van der Waals surface area (Å²) in [5.74, 6) is 7.07. The predicted molar refractivity (Wildman–Crippen MR) is 81.8 cm³/mol. The van der Waals surface area contributed by atoms with Crippen LogP contribution in [0.2, 0.25) is 0 Å². The maximum absolute atomic E-state index is 5.62. The van der Waals surface area contributed by atoms with Crippen molar-refractivity contribution in [3.8, 4) is 17.6 Å². The summed E-state index contributed by atoms with van der Waals surface area (Å²) in [6, 6.07) is 11.8. The van der Waals surface area contributed by atoms with Gasteiger partial charge in [-0.25, -0.2) is 4.98 Å². The van der Waals surface area contributed by atoms with Crippen LogP contribution in [0.25, 0.3) is 0 Å². The molecule has 1 heterocycles. The Morgan fingerprint density at radius 2 is 1.85 bits per heavy atom. The number of hydrogen-bond donors (Lipinski definition) is 0. The number of ether oxygens (including phenoxy) is 1. The van der Waals surface area contributed by atoms with Crippen LogP contribution < -0.4 is 4.74 Å². The highest BCUT2D eigenvalue weighted by Gasteiger charge is 1.93. The molecule has 1 aromatic carbocycles. The van der Waals surface area contributed by atoms with Crippen LogP contribution in [0.3, 0.4) is 0 Å². The van der Waals surface area contributed by atoms with Gasteiger partial charge in [-0.1, -0.05) is 25.3 Å². The third-order valence-corrected chi connectivity index (χ3v) is 2.87. The molecule has 2 nitrogen and oxygen atoms in total. The zero-order valence-corrected chi connectivity index (χ0v) is 12.0. The number of aryl methyl sites for hydroxylation is 1. The fourth-order valence-electron chi connectivity index (χ4n) is 1.65. The van der Waals surface area contributed by atoms with E-state index < -0.39 is 0 Å². The Labute approximate surface area is 120 Å². The number of benzene rings is 1. The van der Waals surface area contributed by atoms with Gasteiger partial charge in [-0.05, 0) is 55.2 Å². The van der Waals surface area contributed by atoms with Crippen molar-refractivity contribution < 1.29 is 4.74 Å². The Kier molecular flexibility index (Phi) is 5.20. The van der Waals surface area contributed by atoms with Gasteiger partial charge in [0.1, 0.15) is 11.4 Å². The summed E-state index contributed by atoms with van der Waals surface area (Å²) in [6.07, 6.45) is 4.06. The molecule has 0 unspecified atom stereocenters. The van der Waals surface area contributed by atoms with Crippen LogP contribution in [0.4, 0.5) is 0 Å². The molecular formula is C18H19NO. The van der Waals surface area contributed by atoms with Crippen LogP contribution in [0, 0.1) is 18.8 Å². The molecule has 0 aliphatic carbocycles. The van der Waals surface area contributed by atoms with Crippen molar-refractivity contribution in [2.75, 3.05) is 6.61 Å². The molecule has 0 fully saturated rings. The Hall–Kier alpha value is -2.27. The van der Waals surface area contributed by atoms with Crippen LogP contribution >= 0.6 is 0 Å². The summed E-state index contributed by atoms with van der Waals surface area (Å²) in [7, 11) is 0. The average Bonchev–Trinajstić information content (AvgIpc) is 2.48. The third kappa shape index (κ3) is 4.44. The van der Waals surface area contributed by atoms with Crippen molar-refractivity contribution in [1.82, 2.24) is 4.98 Å². The molecule has 0 aliphatic rings. The first-order valence-electron chi connectivity index (χ1n) is 6.95.